The molecule has 5 heteroatoms. The molecule has 2 N–H and O–H groups in total. The average molecular weight is 348 g/mol. The maximum Gasteiger partial charge on any atom is 0.334 e. The summed E-state index contributed by atoms with van der Waals surface area (Å²) < 4.78 is 1.94. The van der Waals surface area contributed by atoms with Gasteiger partial charge in [0.05, 0.1) is 0 Å². The molecule has 3 aromatic rings. The molecule has 132 valence electrons. The molecule has 0 saturated heterocycles. The van der Waals surface area contributed by atoms with Gasteiger partial charge in [0.25, 0.3) is 5.91 Å². The number of amides is 1. The third kappa shape index (κ3) is 2.47. The highest BCUT2D eigenvalue weighted by Crippen LogP contribution is 2.36. The molecule has 2 aromatic carbocycles. The van der Waals surface area contributed by atoms with E-state index in [1.54, 1.807) is 12.1 Å². The molecule has 1 unspecified atom stereocenters. The Morgan fingerprint density at radius 2 is 1.96 bits per heavy atom. The molecule has 1 aliphatic carbocycles. The third-order valence-corrected chi connectivity index (χ3v) is 5.32. The fourth-order valence-corrected chi connectivity index (χ4v) is 3.91. The Bertz CT molecular complexity index is 1020. The van der Waals surface area contributed by atoms with Crippen LogP contribution in [0.1, 0.15) is 34.3 Å². The number of nitrogens with zero attached hydrogens (tertiary/aromatic N) is 1. The van der Waals surface area contributed by atoms with E-state index in [9.17, 15) is 14.7 Å². The van der Waals surface area contributed by atoms with Crippen LogP contribution in [0.2, 0.25) is 0 Å². The van der Waals surface area contributed by atoms with Crippen LogP contribution in [-0.2, 0) is 23.8 Å². The molecule has 5 nitrogen and oxygen atoms in total. The zero-order chi connectivity index (χ0) is 18.3. The highest BCUT2D eigenvalue weighted by atomic mass is 16.4. The molecular weight excluding hydrogens is 328 g/mol. The standard InChI is InChI=1S/C21H20N2O3/c1-23-12-10-15-8-9-16(13-18(15)23)19(24)22-21(20(25)26)11-4-6-14-5-2-3-7-17(14)21/h2-3,5,7-10,12-13H,4,6,11H2,1H3,(H,22,24)(H,25,26). The first-order chi connectivity index (χ1) is 12.5. The predicted molar refractivity (Wildman–Crippen MR) is 99.1 cm³/mol. The smallest absolute Gasteiger partial charge is 0.334 e. The van der Waals surface area contributed by atoms with Gasteiger partial charge in [-0.25, -0.2) is 4.79 Å². The summed E-state index contributed by atoms with van der Waals surface area (Å²) in [5.41, 5.74) is 1.69. The minimum Gasteiger partial charge on any atom is -0.479 e. The second-order valence-corrected chi connectivity index (χ2v) is 6.88. The monoisotopic (exact) mass is 348 g/mol. The van der Waals surface area contributed by atoms with Crippen molar-refractivity contribution in [3.63, 3.8) is 0 Å². The highest BCUT2D eigenvalue weighted by Gasteiger charge is 2.45. The number of aromatic nitrogens is 1. The van der Waals surface area contributed by atoms with Crippen LogP contribution in [0.25, 0.3) is 10.9 Å². The van der Waals surface area contributed by atoms with Crippen molar-refractivity contribution in [2.45, 2.75) is 24.8 Å². The number of nitrogens with one attached hydrogen (secondary N) is 1. The van der Waals surface area contributed by atoms with Crippen LogP contribution in [-0.4, -0.2) is 21.6 Å². The molecule has 0 radical (unpaired) electrons. The highest BCUT2D eigenvalue weighted by molar-refractivity contribution is 6.01. The minimum absolute atomic E-state index is 0.368. The number of carboxylic acid groups (broad SMARTS) is 1. The summed E-state index contributed by atoms with van der Waals surface area (Å²) in [5.74, 6) is -1.38. The molecule has 1 heterocycles. The lowest BCUT2D eigenvalue weighted by atomic mass is 9.76. The van der Waals surface area contributed by atoms with Gasteiger partial charge in [-0.3, -0.25) is 4.79 Å². The Hall–Kier alpha value is -3.08. The summed E-state index contributed by atoms with van der Waals surface area (Å²) in [5, 5.41) is 13.9. The number of fused-ring (bicyclic) bond motifs is 2. The number of aryl methyl sites for hydroxylation is 2. The van der Waals surface area contributed by atoms with Gasteiger partial charge in [0.1, 0.15) is 0 Å². The minimum atomic E-state index is -1.38. The summed E-state index contributed by atoms with van der Waals surface area (Å²) in [6, 6.07) is 14.9. The van der Waals surface area contributed by atoms with E-state index in [2.05, 4.69) is 5.32 Å². The van der Waals surface area contributed by atoms with Gasteiger partial charge in [-0.2, -0.15) is 0 Å². The summed E-state index contributed by atoms with van der Waals surface area (Å²) in [6.45, 7) is 0. The molecule has 0 spiro atoms. The van der Waals surface area contributed by atoms with E-state index >= 15 is 0 Å². The van der Waals surface area contributed by atoms with Crippen LogP contribution in [0, 0.1) is 0 Å². The van der Waals surface area contributed by atoms with E-state index < -0.39 is 11.5 Å². The second-order valence-electron chi connectivity index (χ2n) is 6.88. The Morgan fingerprint density at radius 1 is 1.15 bits per heavy atom. The molecule has 1 aliphatic rings. The average Bonchev–Trinajstić information content (AvgIpc) is 3.02. The zero-order valence-electron chi connectivity index (χ0n) is 14.5. The lowest BCUT2D eigenvalue weighted by Crippen LogP contribution is -2.53. The van der Waals surface area contributed by atoms with E-state index in [1.807, 2.05) is 54.2 Å². The van der Waals surface area contributed by atoms with Crippen LogP contribution in [0.5, 0.6) is 0 Å². The van der Waals surface area contributed by atoms with E-state index in [4.69, 9.17) is 0 Å². The van der Waals surface area contributed by atoms with Crippen molar-refractivity contribution in [2.24, 2.45) is 7.05 Å². The molecule has 0 saturated carbocycles. The van der Waals surface area contributed by atoms with Gasteiger partial charge in [-0.1, -0.05) is 30.3 Å². The summed E-state index contributed by atoms with van der Waals surface area (Å²) in [4.78, 5) is 25.1. The van der Waals surface area contributed by atoms with Crippen LogP contribution < -0.4 is 5.32 Å². The lowest BCUT2D eigenvalue weighted by Gasteiger charge is -2.36. The fraction of sp³-hybridized carbons (Fsp3) is 0.238. The Kier molecular flexibility index (Phi) is 3.80. The number of carboxylic acids is 1. The van der Waals surface area contributed by atoms with Crippen molar-refractivity contribution in [3.8, 4) is 0 Å². The molecular formula is C21H20N2O3. The molecule has 4 rings (SSSR count). The van der Waals surface area contributed by atoms with Crippen molar-refractivity contribution in [2.75, 3.05) is 0 Å². The molecule has 26 heavy (non-hydrogen) atoms. The molecule has 0 fully saturated rings. The van der Waals surface area contributed by atoms with Crippen LogP contribution >= 0.6 is 0 Å². The maximum atomic E-state index is 12.9. The number of rotatable bonds is 3. The first-order valence-corrected chi connectivity index (χ1v) is 8.71. The summed E-state index contributed by atoms with van der Waals surface area (Å²) >= 11 is 0. The fourth-order valence-electron chi connectivity index (χ4n) is 3.91. The number of aliphatic carboxylic acids is 1. The summed E-state index contributed by atoms with van der Waals surface area (Å²) in [6.07, 6.45) is 3.87. The van der Waals surface area contributed by atoms with E-state index in [-0.39, 0.29) is 5.91 Å². The Morgan fingerprint density at radius 3 is 2.77 bits per heavy atom. The molecule has 1 atom stereocenters. The van der Waals surface area contributed by atoms with Crippen LogP contribution in [0.15, 0.2) is 54.7 Å². The Labute approximate surface area is 151 Å². The molecule has 1 aromatic heterocycles. The number of carbonyl (C=O) groups is 2. The first kappa shape index (κ1) is 16.4. The number of hydrogen-bond acceptors (Lipinski definition) is 2. The number of hydrogen-bond donors (Lipinski definition) is 2. The van der Waals surface area contributed by atoms with Gasteiger partial charge < -0.3 is 15.0 Å². The maximum absolute atomic E-state index is 12.9. The van der Waals surface area contributed by atoms with Crippen LogP contribution in [0.4, 0.5) is 0 Å². The quantitative estimate of drug-likeness (QED) is 0.763. The van der Waals surface area contributed by atoms with Crippen molar-refractivity contribution in [3.05, 3.63) is 71.4 Å². The van der Waals surface area contributed by atoms with E-state index in [1.165, 1.54) is 0 Å². The normalized spacial score (nSPS) is 19.1. The zero-order valence-corrected chi connectivity index (χ0v) is 14.5. The predicted octanol–water partition coefficient (Wildman–Crippen LogP) is 3.22. The summed E-state index contributed by atoms with van der Waals surface area (Å²) in [7, 11) is 1.92. The van der Waals surface area contributed by atoms with Gasteiger partial charge in [-0.05, 0) is 54.0 Å². The van der Waals surface area contributed by atoms with E-state index in [0.717, 1.165) is 29.3 Å². The van der Waals surface area contributed by atoms with Crippen LogP contribution in [0.3, 0.4) is 0 Å². The Balaban J connectivity index is 1.74. The van der Waals surface area contributed by atoms with E-state index in [0.29, 0.717) is 17.5 Å². The van der Waals surface area contributed by atoms with Crippen molar-refractivity contribution in [1.82, 2.24) is 9.88 Å². The number of carbonyl (C=O) groups excluding carboxylic acids is 1. The molecule has 1 amide bonds. The lowest BCUT2D eigenvalue weighted by molar-refractivity contribution is -0.145. The molecule has 0 bridgehead atoms. The van der Waals surface area contributed by atoms with Gasteiger partial charge in [0.15, 0.2) is 5.54 Å². The van der Waals surface area contributed by atoms with Gasteiger partial charge in [0.2, 0.25) is 0 Å². The number of benzene rings is 2. The third-order valence-electron chi connectivity index (χ3n) is 5.32. The largest absolute Gasteiger partial charge is 0.479 e. The van der Waals surface area contributed by atoms with Gasteiger partial charge in [0, 0.05) is 24.3 Å². The van der Waals surface area contributed by atoms with Gasteiger partial charge >= 0.3 is 5.97 Å². The van der Waals surface area contributed by atoms with Gasteiger partial charge in [-0.15, -0.1) is 0 Å². The first-order valence-electron chi connectivity index (χ1n) is 8.71. The second kappa shape index (κ2) is 6.02. The van der Waals surface area contributed by atoms with Crippen molar-refractivity contribution < 1.29 is 14.7 Å². The molecule has 0 aliphatic heterocycles. The SMILES string of the molecule is Cn1ccc2ccc(C(=O)NC3(C(=O)O)CCCc4ccccc43)cc21. The topological polar surface area (TPSA) is 71.3 Å². The van der Waals surface area contributed by atoms with Crippen molar-refractivity contribution in [1.29, 1.82) is 0 Å². The van der Waals surface area contributed by atoms with Crippen molar-refractivity contribution >= 4 is 22.8 Å².